The molecule has 2 aromatic rings. The van der Waals surface area contributed by atoms with Gasteiger partial charge in [-0.15, -0.1) is 0 Å². The molecule has 1 saturated heterocycles. The van der Waals surface area contributed by atoms with Gasteiger partial charge in [-0.3, -0.25) is 0 Å². The highest BCUT2D eigenvalue weighted by Crippen LogP contribution is 2.33. The third-order valence-electron chi connectivity index (χ3n) is 7.60. The lowest BCUT2D eigenvalue weighted by Gasteiger charge is -2.33. The highest BCUT2D eigenvalue weighted by molar-refractivity contribution is 6.33. The Labute approximate surface area is 231 Å². The molecule has 0 amide bonds. The van der Waals surface area contributed by atoms with Crippen molar-refractivity contribution < 1.29 is 23.0 Å². The third-order valence-corrected chi connectivity index (χ3v) is 7.90. The number of nitrogens with zero attached hydrogens (tertiary/aromatic N) is 3. The van der Waals surface area contributed by atoms with E-state index in [4.69, 9.17) is 21.3 Å². The van der Waals surface area contributed by atoms with E-state index < -0.39 is 23.7 Å². The Hall–Kier alpha value is -2.65. The average molecular weight is 567 g/mol. The number of aromatic nitrogens is 2. The highest BCUT2D eigenvalue weighted by Gasteiger charge is 2.49. The second-order valence-electron chi connectivity index (χ2n) is 10.7. The fraction of sp³-hybridized carbons (Fsp3) is 0.593. The number of halogens is 4. The fourth-order valence-electron chi connectivity index (χ4n) is 4.84. The van der Waals surface area contributed by atoms with Crippen molar-refractivity contribution in [3.63, 3.8) is 0 Å². The molecule has 0 aromatic carbocycles. The Bertz CT molecular complexity index is 1160. The topological polar surface area (TPSA) is 115 Å². The summed E-state index contributed by atoms with van der Waals surface area (Å²) >= 11 is 6.48. The molecular formula is C27H34ClF3N6O2. The summed E-state index contributed by atoms with van der Waals surface area (Å²) in [4.78, 5) is 9.11. The van der Waals surface area contributed by atoms with Crippen molar-refractivity contribution in [2.45, 2.75) is 69.3 Å². The highest BCUT2D eigenvalue weighted by atomic mass is 35.5. The molecule has 3 heterocycles. The van der Waals surface area contributed by atoms with Crippen LogP contribution in [0.1, 0.15) is 45.4 Å². The number of anilines is 2. The van der Waals surface area contributed by atoms with Gasteiger partial charge in [0.2, 0.25) is 0 Å². The third kappa shape index (κ3) is 7.51. The maximum Gasteiger partial charge on any atom is 0.418 e. The normalized spacial score (nSPS) is 22.9. The van der Waals surface area contributed by atoms with Gasteiger partial charge in [-0.2, -0.15) is 18.4 Å². The Morgan fingerprint density at radius 1 is 1.15 bits per heavy atom. The summed E-state index contributed by atoms with van der Waals surface area (Å²) in [5.74, 6) is 1.28. The zero-order chi connectivity index (χ0) is 28.1. The number of ether oxygens (including phenoxy) is 1. The average Bonchev–Trinajstić information content (AvgIpc) is 2.93. The summed E-state index contributed by atoms with van der Waals surface area (Å²) in [5, 5.41) is 29.4. The second-order valence-corrected chi connectivity index (χ2v) is 11.1. The van der Waals surface area contributed by atoms with Gasteiger partial charge in [-0.1, -0.05) is 17.7 Å². The minimum Gasteiger partial charge on any atom is -0.381 e. The Kier molecular flexibility index (Phi) is 9.21. The summed E-state index contributed by atoms with van der Waals surface area (Å²) in [6, 6.07) is 9.89. The number of alkyl halides is 3. The van der Waals surface area contributed by atoms with Crippen molar-refractivity contribution in [1.82, 2.24) is 15.3 Å². The number of rotatable bonds is 9. The van der Waals surface area contributed by atoms with Crippen molar-refractivity contribution in [2.75, 3.05) is 36.9 Å². The predicted octanol–water partition coefficient (Wildman–Crippen LogP) is 5.16. The van der Waals surface area contributed by atoms with Crippen LogP contribution < -0.4 is 16.0 Å². The molecule has 1 aliphatic carbocycles. The molecule has 0 bridgehead atoms. The van der Waals surface area contributed by atoms with Crippen molar-refractivity contribution in [3.05, 3.63) is 35.5 Å². The molecule has 212 valence electrons. The lowest BCUT2D eigenvalue weighted by atomic mass is 9.82. The summed E-state index contributed by atoms with van der Waals surface area (Å²) < 4.78 is 44.1. The number of hydrogen-bond donors (Lipinski definition) is 4. The van der Waals surface area contributed by atoms with Gasteiger partial charge in [0.25, 0.3) is 0 Å². The van der Waals surface area contributed by atoms with Crippen LogP contribution >= 0.6 is 11.6 Å². The lowest BCUT2D eigenvalue weighted by molar-refractivity contribution is -0.250. The number of nitriles is 1. The number of hydrogen-bond acceptors (Lipinski definition) is 8. The summed E-state index contributed by atoms with van der Waals surface area (Å²) in [6.07, 6.45) is 1.09. The van der Waals surface area contributed by atoms with Crippen LogP contribution in [0.3, 0.4) is 0 Å². The quantitative estimate of drug-likeness (QED) is 0.329. The minimum atomic E-state index is -4.68. The van der Waals surface area contributed by atoms with Crippen molar-refractivity contribution >= 4 is 23.2 Å². The van der Waals surface area contributed by atoms with E-state index in [1.807, 2.05) is 24.3 Å². The maximum absolute atomic E-state index is 12.9. The maximum atomic E-state index is 12.9. The minimum absolute atomic E-state index is 0.0913. The van der Waals surface area contributed by atoms with Crippen LogP contribution in [0.15, 0.2) is 30.5 Å². The van der Waals surface area contributed by atoms with E-state index in [0.717, 1.165) is 19.8 Å². The van der Waals surface area contributed by atoms with Gasteiger partial charge in [0, 0.05) is 50.1 Å². The molecular weight excluding hydrogens is 533 g/mol. The van der Waals surface area contributed by atoms with Gasteiger partial charge in [0.15, 0.2) is 5.60 Å². The predicted molar refractivity (Wildman–Crippen MR) is 143 cm³/mol. The van der Waals surface area contributed by atoms with Crippen LogP contribution in [-0.2, 0) is 4.74 Å². The molecule has 0 spiro atoms. The monoisotopic (exact) mass is 566 g/mol. The van der Waals surface area contributed by atoms with Crippen LogP contribution in [0.25, 0.3) is 11.3 Å². The van der Waals surface area contributed by atoms with Gasteiger partial charge in [-0.25, -0.2) is 9.97 Å². The first kappa shape index (κ1) is 29.3. The lowest BCUT2D eigenvalue weighted by Crippen LogP contribution is -2.52. The molecule has 4 rings (SSSR count). The molecule has 1 atom stereocenters. The van der Waals surface area contributed by atoms with Gasteiger partial charge in [0.05, 0.1) is 22.2 Å². The number of nitrogens with one attached hydrogen (secondary N) is 3. The van der Waals surface area contributed by atoms with E-state index >= 15 is 0 Å². The fourth-order valence-corrected chi connectivity index (χ4v) is 5.04. The van der Waals surface area contributed by atoms with E-state index in [2.05, 4.69) is 27.0 Å². The SMILES string of the molecule is C[C@@](O)(CN[C@H]1CC[C@H](Nc2cc(-c3cccc(NCC4(C#N)CCOCC4)n3)c(Cl)cn2)CC1)C(F)(F)F. The molecule has 8 nitrogen and oxygen atoms in total. The van der Waals surface area contributed by atoms with Gasteiger partial charge in [0.1, 0.15) is 11.6 Å². The first-order valence-electron chi connectivity index (χ1n) is 13.2. The molecule has 0 unspecified atom stereocenters. The summed E-state index contributed by atoms with van der Waals surface area (Å²) in [7, 11) is 0. The molecule has 2 fully saturated rings. The van der Waals surface area contributed by atoms with Crippen LogP contribution in [0.4, 0.5) is 24.8 Å². The van der Waals surface area contributed by atoms with Crippen molar-refractivity contribution in [2.24, 2.45) is 5.41 Å². The summed E-state index contributed by atoms with van der Waals surface area (Å²) in [5.41, 5.74) is -1.86. The van der Waals surface area contributed by atoms with E-state index in [0.29, 0.717) is 73.4 Å². The molecule has 2 aliphatic rings. The molecule has 39 heavy (non-hydrogen) atoms. The first-order valence-corrected chi connectivity index (χ1v) is 13.5. The van der Waals surface area contributed by atoms with Crippen LogP contribution in [0.5, 0.6) is 0 Å². The van der Waals surface area contributed by atoms with E-state index in [1.54, 1.807) is 6.20 Å². The molecule has 1 aliphatic heterocycles. The zero-order valence-electron chi connectivity index (χ0n) is 21.8. The van der Waals surface area contributed by atoms with Crippen molar-refractivity contribution in [3.8, 4) is 17.3 Å². The standard InChI is InChI=1S/C27H34ClF3N6O2/c1-25(38,27(29,30)31)16-34-18-5-7-19(8-6-18)36-24-13-20(21(28)14-33-24)22-3-2-4-23(37-22)35-17-26(15-32)9-11-39-12-10-26/h2-4,13-14,18-19,34,38H,5-12,16-17H2,1H3,(H,33,36)(H,35,37)/t18-,19-,25-/m1/s1. The molecule has 1 saturated carbocycles. The Morgan fingerprint density at radius 2 is 1.85 bits per heavy atom. The number of aliphatic hydroxyl groups is 1. The first-order chi connectivity index (χ1) is 18.5. The second kappa shape index (κ2) is 12.3. The van der Waals surface area contributed by atoms with Gasteiger partial charge >= 0.3 is 6.18 Å². The molecule has 2 aromatic heterocycles. The van der Waals surface area contributed by atoms with E-state index in [9.17, 15) is 23.5 Å². The Morgan fingerprint density at radius 3 is 2.51 bits per heavy atom. The van der Waals surface area contributed by atoms with Gasteiger partial charge < -0.3 is 25.8 Å². The van der Waals surface area contributed by atoms with Gasteiger partial charge in [-0.05, 0) is 63.6 Å². The zero-order valence-corrected chi connectivity index (χ0v) is 22.6. The largest absolute Gasteiger partial charge is 0.418 e. The van der Waals surface area contributed by atoms with Crippen LogP contribution in [0, 0.1) is 16.7 Å². The van der Waals surface area contributed by atoms with E-state index in [-0.39, 0.29) is 12.1 Å². The molecule has 0 radical (unpaired) electrons. The molecule has 12 heteroatoms. The smallest absolute Gasteiger partial charge is 0.381 e. The van der Waals surface area contributed by atoms with Crippen LogP contribution in [0.2, 0.25) is 5.02 Å². The summed E-state index contributed by atoms with van der Waals surface area (Å²) in [6.45, 7) is 1.87. The van der Waals surface area contributed by atoms with E-state index in [1.165, 1.54) is 0 Å². The van der Waals surface area contributed by atoms with Crippen molar-refractivity contribution in [1.29, 1.82) is 5.26 Å². The number of pyridine rings is 2. The Balaban J connectivity index is 1.34. The molecule has 4 N–H and O–H groups in total. The van der Waals surface area contributed by atoms with Crippen LogP contribution in [-0.4, -0.2) is 65.2 Å².